The van der Waals surface area contributed by atoms with E-state index in [2.05, 4.69) is 5.25 Å². The molecule has 1 unspecified atom stereocenters. The SMILES string of the molecule is C#CS(=O)c1ccc(C)cc1. The van der Waals surface area contributed by atoms with Crippen molar-refractivity contribution >= 4 is 10.8 Å². The van der Waals surface area contributed by atoms with Crippen LogP contribution < -0.4 is 0 Å². The molecule has 1 nitrogen and oxygen atoms in total. The Morgan fingerprint density at radius 1 is 1.36 bits per heavy atom. The molecule has 2 heteroatoms. The fourth-order valence-electron chi connectivity index (χ4n) is 0.730. The maximum Gasteiger partial charge on any atom is 0.129 e. The zero-order chi connectivity index (χ0) is 8.27. The van der Waals surface area contributed by atoms with E-state index in [0.717, 1.165) is 5.56 Å². The molecule has 1 aromatic rings. The lowest BCUT2D eigenvalue weighted by molar-refractivity contribution is 0.689. The molecule has 11 heavy (non-hydrogen) atoms. The molecule has 0 saturated carbocycles. The van der Waals surface area contributed by atoms with Crippen molar-refractivity contribution in [3.63, 3.8) is 0 Å². The molecule has 0 bridgehead atoms. The Balaban J connectivity index is 3.01. The van der Waals surface area contributed by atoms with Gasteiger partial charge < -0.3 is 0 Å². The van der Waals surface area contributed by atoms with Gasteiger partial charge in [0.25, 0.3) is 0 Å². The summed E-state index contributed by atoms with van der Waals surface area (Å²) in [5, 5.41) is 2.17. The first-order valence-corrected chi connectivity index (χ1v) is 4.33. The Morgan fingerprint density at radius 3 is 2.36 bits per heavy atom. The lowest BCUT2D eigenvalue weighted by Gasteiger charge is -1.94. The predicted molar refractivity (Wildman–Crippen MR) is 46.4 cm³/mol. The van der Waals surface area contributed by atoms with Crippen LogP contribution in [0.1, 0.15) is 5.56 Å². The second kappa shape index (κ2) is 3.36. The second-order valence-electron chi connectivity index (χ2n) is 2.20. The summed E-state index contributed by atoms with van der Waals surface area (Å²) in [6, 6.07) is 7.35. The summed E-state index contributed by atoms with van der Waals surface area (Å²) >= 11 is 0. The molecule has 0 radical (unpaired) electrons. The largest absolute Gasteiger partial charge is 0.240 e. The van der Waals surface area contributed by atoms with E-state index in [9.17, 15) is 4.21 Å². The normalized spacial score (nSPS) is 12.0. The Labute approximate surface area is 68.9 Å². The molecule has 0 amide bonds. The maximum atomic E-state index is 11.0. The summed E-state index contributed by atoms with van der Waals surface area (Å²) in [6.07, 6.45) is 4.99. The Morgan fingerprint density at radius 2 is 1.91 bits per heavy atom. The molecule has 0 aliphatic rings. The molecule has 1 rings (SSSR count). The van der Waals surface area contributed by atoms with E-state index in [1.165, 1.54) is 0 Å². The van der Waals surface area contributed by atoms with Crippen LogP contribution in [0.4, 0.5) is 0 Å². The van der Waals surface area contributed by atoms with Crippen LogP contribution >= 0.6 is 0 Å². The van der Waals surface area contributed by atoms with Crippen LogP contribution in [0.2, 0.25) is 0 Å². The molecule has 0 aliphatic carbocycles. The number of rotatable bonds is 1. The topological polar surface area (TPSA) is 17.1 Å². The monoisotopic (exact) mass is 164 g/mol. The summed E-state index contributed by atoms with van der Waals surface area (Å²) in [4.78, 5) is 0.693. The number of benzene rings is 1. The molecule has 0 saturated heterocycles. The highest BCUT2D eigenvalue weighted by Gasteiger charge is 1.96. The van der Waals surface area contributed by atoms with Gasteiger partial charge in [-0.25, -0.2) is 4.21 Å². The van der Waals surface area contributed by atoms with E-state index in [-0.39, 0.29) is 0 Å². The molecule has 0 fully saturated rings. The highest BCUT2D eigenvalue weighted by Crippen LogP contribution is 2.06. The molecule has 1 atom stereocenters. The molecular weight excluding hydrogens is 156 g/mol. The van der Waals surface area contributed by atoms with Crippen molar-refractivity contribution in [2.45, 2.75) is 11.8 Å². The van der Waals surface area contributed by atoms with Crippen molar-refractivity contribution in [3.05, 3.63) is 29.8 Å². The Kier molecular flexibility index (Phi) is 2.45. The van der Waals surface area contributed by atoms with Crippen LogP contribution in [0, 0.1) is 18.6 Å². The predicted octanol–water partition coefficient (Wildman–Crippen LogP) is 1.69. The number of terminal acetylenes is 1. The fraction of sp³-hybridized carbons (Fsp3) is 0.111. The Bertz CT molecular complexity index is 305. The van der Waals surface area contributed by atoms with E-state index >= 15 is 0 Å². The van der Waals surface area contributed by atoms with E-state index in [1.807, 2.05) is 19.1 Å². The molecule has 0 aliphatic heterocycles. The van der Waals surface area contributed by atoms with Crippen molar-refractivity contribution in [1.82, 2.24) is 0 Å². The van der Waals surface area contributed by atoms with Crippen molar-refractivity contribution < 1.29 is 4.21 Å². The highest BCUT2D eigenvalue weighted by molar-refractivity contribution is 7.89. The molecule has 0 aromatic heterocycles. The average Bonchev–Trinajstić information content (AvgIpc) is 2.05. The quantitative estimate of drug-likeness (QED) is 0.577. The third-order valence-corrected chi connectivity index (χ3v) is 2.26. The minimum absolute atomic E-state index is 0.693. The minimum Gasteiger partial charge on any atom is -0.240 e. The third kappa shape index (κ3) is 1.92. The van der Waals surface area contributed by atoms with Gasteiger partial charge >= 0.3 is 0 Å². The van der Waals surface area contributed by atoms with Crippen LogP contribution in [0.25, 0.3) is 0 Å². The number of hydrogen-bond donors (Lipinski definition) is 0. The summed E-state index contributed by atoms with van der Waals surface area (Å²) < 4.78 is 11.0. The fourth-order valence-corrected chi connectivity index (χ4v) is 1.25. The molecule has 56 valence electrons. The average molecular weight is 164 g/mol. The van der Waals surface area contributed by atoms with E-state index in [0.29, 0.717) is 4.90 Å². The van der Waals surface area contributed by atoms with E-state index in [1.54, 1.807) is 12.1 Å². The summed E-state index contributed by atoms with van der Waals surface area (Å²) in [6.45, 7) is 1.97. The standard InChI is InChI=1S/C9H8OS/c1-3-11(10)9-6-4-8(2)5-7-9/h1,4-7H,2H3. The van der Waals surface area contributed by atoms with Gasteiger partial charge in [0.2, 0.25) is 0 Å². The van der Waals surface area contributed by atoms with Gasteiger partial charge in [-0.15, -0.1) is 6.42 Å². The van der Waals surface area contributed by atoms with Gasteiger partial charge in [0.05, 0.1) is 4.90 Å². The van der Waals surface area contributed by atoms with Crippen molar-refractivity contribution in [2.75, 3.05) is 0 Å². The van der Waals surface area contributed by atoms with E-state index < -0.39 is 10.8 Å². The minimum atomic E-state index is -1.27. The number of aryl methyl sites for hydroxylation is 1. The first-order chi connectivity index (χ1) is 5.24. The molecular formula is C9H8OS. The smallest absolute Gasteiger partial charge is 0.129 e. The molecule has 0 N–H and O–H groups in total. The van der Waals surface area contributed by atoms with Crippen molar-refractivity contribution in [2.24, 2.45) is 0 Å². The van der Waals surface area contributed by atoms with Crippen LogP contribution in [-0.4, -0.2) is 4.21 Å². The first kappa shape index (κ1) is 8.03. The van der Waals surface area contributed by atoms with Gasteiger partial charge in [-0.2, -0.15) is 0 Å². The van der Waals surface area contributed by atoms with Gasteiger partial charge in [0.1, 0.15) is 10.8 Å². The molecule has 0 spiro atoms. The lowest BCUT2D eigenvalue weighted by Crippen LogP contribution is -1.85. The zero-order valence-corrected chi connectivity index (χ0v) is 7.02. The third-order valence-electron chi connectivity index (χ3n) is 1.34. The summed E-state index contributed by atoms with van der Waals surface area (Å²) in [7, 11) is -1.27. The molecule has 1 aromatic carbocycles. The van der Waals surface area contributed by atoms with Crippen molar-refractivity contribution in [1.29, 1.82) is 0 Å². The lowest BCUT2D eigenvalue weighted by atomic mass is 10.2. The summed E-state index contributed by atoms with van der Waals surface area (Å²) in [5.74, 6) is 0. The van der Waals surface area contributed by atoms with Gasteiger partial charge in [-0.05, 0) is 24.3 Å². The van der Waals surface area contributed by atoms with Crippen LogP contribution in [0.15, 0.2) is 29.2 Å². The maximum absolute atomic E-state index is 11.0. The number of hydrogen-bond acceptors (Lipinski definition) is 1. The van der Waals surface area contributed by atoms with Gasteiger partial charge in [-0.3, -0.25) is 0 Å². The van der Waals surface area contributed by atoms with Gasteiger partial charge in [0, 0.05) is 0 Å². The van der Waals surface area contributed by atoms with E-state index in [4.69, 9.17) is 6.42 Å². The van der Waals surface area contributed by atoms with Crippen LogP contribution in [0.5, 0.6) is 0 Å². The molecule has 0 heterocycles. The van der Waals surface area contributed by atoms with Crippen LogP contribution in [0.3, 0.4) is 0 Å². The summed E-state index contributed by atoms with van der Waals surface area (Å²) in [5.41, 5.74) is 1.14. The first-order valence-electron chi connectivity index (χ1n) is 3.18. The Hall–Kier alpha value is -1.07. The van der Waals surface area contributed by atoms with Crippen LogP contribution in [-0.2, 0) is 10.8 Å². The van der Waals surface area contributed by atoms with Gasteiger partial charge in [-0.1, -0.05) is 17.7 Å². The zero-order valence-electron chi connectivity index (χ0n) is 6.20. The second-order valence-corrected chi connectivity index (χ2v) is 3.44. The van der Waals surface area contributed by atoms with Crippen molar-refractivity contribution in [3.8, 4) is 11.7 Å². The highest BCUT2D eigenvalue weighted by atomic mass is 32.2. The van der Waals surface area contributed by atoms with Gasteiger partial charge in [0.15, 0.2) is 0 Å².